The molecule has 2 N–H and O–H groups in total. The van der Waals surface area contributed by atoms with Gasteiger partial charge in [0.05, 0.1) is 4.90 Å². The van der Waals surface area contributed by atoms with Crippen molar-refractivity contribution < 1.29 is 43.5 Å². The fourth-order valence-corrected chi connectivity index (χ4v) is 7.91. The summed E-state index contributed by atoms with van der Waals surface area (Å²) in [6, 6.07) is 5.00. The van der Waals surface area contributed by atoms with Crippen LogP contribution in [0.1, 0.15) is 36.0 Å². The van der Waals surface area contributed by atoms with E-state index in [4.69, 9.17) is 5.73 Å². The third-order valence-electron chi connectivity index (χ3n) is 7.03. The summed E-state index contributed by atoms with van der Waals surface area (Å²) in [5.74, 6) is -1.37. The van der Waals surface area contributed by atoms with E-state index < -0.39 is 55.9 Å². The summed E-state index contributed by atoms with van der Waals surface area (Å²) in [6.45, 7) is 0. The minimum atomic E-state index is -6.29. The largest absolute Gasteiger partial charge is 0.435 e. The molecule has 0 bridgehead atoms. The zero-order valence-electron chi connectivity index (χ0n) is 17.4. The first kappa shape index (κ1) is 24.9. The van der Waals surface area contributed by atoms with Crippen molar-refractivity contribution in [2.75, 3.05) is 0 Å². The molecule has 2 aliphatic rings. The van der Waals surface area contributed by atoms with Crippen LogP contribution >= 0.6 is 0 Å². The third-order valence-corrected chi connectivity index (χ3v) is 9.61. The van der Waals surface area contributed by atoms with E-state index in [2.05, 4.69) is 0 Å². The summed E-state index contributed by atoms with van der Waals surface area (Å²) in [7, 11) is -4.31. The number of halogens is 8. The van der Waals surface area contributed by atoms with Crippen LogP contribution in [0.3, 0.4) is 0 Å². The second-order valence-electron chi connectivity index (χ2n) is 8.72. The quantitative estimate of drug-likeness (QED) is 0.438. The zero-order valence-corrected chi connectivity index (χ0v) is 18.2. The summed E-state index contributed by atoms with van der Waals surface area (Å²) in [5.41, 5.74) is -1.25. The number of aryl methyl sites for hydroxylation is 1. The van der Waals surface area contributed by atoms with Crippen LogP contribution in [-0.4, -0.2) is 26.8 Å². The molecule has 0 unspecified atom stereocenters. The molecule has 0 amide bonds. The number of sulfone groups is 1. The van der Waals surface area contributed by atoms with Gasteiger partial charge in [-0.2, -0.15) is 26.3 Å². The monoisotopic (exact) mass is 513 g/mol. The Morgan fingerprint density at radius 2 is 1.47 bits per heavy atom. The molecule has 4 rings (SSSR count). The van der Waals surface area contributed by atoms with Crippen LogP contribution in [0.4, 0.5) is 35.1 Å². The first-order chi connectivity index (χ1) is 15.6. The Morgan fingerprint density at radius 1 is 0.882 bits per heavy atom. The molecule has 0 heterocycles. The maximum atomic E-state index is 14.6. The lowest BCUT2D eigenvalue weighted by Crippen LogP contribution is -2.51. The number of hydrogen-bond donors (Lipinski definition) is 1. The highest BCUT2D eigenvalue weighted by Crippen LogP contribution is 2.58. The smallest absolute Gasteiger partial charge is 0.327 e. The molecule has 34 heavy (non-hydrogen) atoms. The van der Waals surface area contributed by atoms with E-state index in [0.717, 1.165) is 30.3 Å². The Hall–Kier alpha value is -2.21. The van der Waals surface area contributed by atoms with Gasteiger partial charge in [0.2, 0.25) is 0 Å². The molecule has 2 aromatic carbocycles. The molecule has 2 aliphatic carbocycles. The van der Waals surface area contributed by atoms with Crippen molar-refractivity contribution in [3.63, 3.8) is 0 Å². The van der Waals surface area contributed by atoms with Gasteiger partial charge in [-0.1, -0.05) is 18.2 Å². The van der Waals surface area contributed by atoms with Crippen LogP contribution in [0.5, 0.6) is 0 Å². The molecule has 2 aromatic rings. The van der Waals surface area contributed by atoms with Gasteiger partial charge in [-0.3, -0.25) is 0 Å². The van der Waals surface area contributed by atoms with E-state index >= 15 is 0 Å². The standard InChI is InChI=1S/C22H19F8NO2S/c23-14-3-5-15(6-4-14)34(32,33)19-10-9-18(31)17(19)7-1-12-11-13(2-8-16(12)19)20(24,21(25,26)27)22(28,29)30/h2-6,8,11,17-18H,1,7,9-10,31H2/t17-,18-,19+/m1/s1. The fourth-order valence-electron chi connectivity index (χ4n) is 5.42. The maximum Gasteiger partial charge on any atom is 0.435 e. The van der Waals surface area contributed by atoms with Gasteiger partial charge >= 0.3 is 18.0 Å². The molecular weight excluding hydrogens is 494 g/mol. The molecule has 0 saturated heterocycles. The Kier molecular flexibility index (Phi) is 5.60. The lowest BCUT2D eigenvalue weighted by atomic mass is 9.74. The van der Waals surface area contributed by atoms with E-state index in [0.29, 0.717) is 12.1 Å². The number of benzene rings is 2. The van der Waals surface area contributed by atoms with Gasteiger partial charge in [-0.15, -0.1) is 0 Å². The summed E-state index contributed by atoms with van der Waals surface area (Å²) in [5, 5.41) is 0. The van der Waals surface area contributed by atoms with Gasteiger partial charge in [0.15, 0.2) is 9.84 Å². The summed E-state index contributed by atoms with van der Waals surface area (Å²) < 4.78 is 133. The van der Waals surface area contributed by atoms with Crippen LogP contribution in [0.25, 0.3) is 0 Å². The number of rotatable bonds is 3. The van der Waals surface area contributed by atoms with Gasteiger partial charge in [0, 0.05) is 11.6 Å². The second-order valence-corrected chi connectivity index (χ2v) is 10.9. The van der Waals surface area contributed by atoms with Gasteiger partial charge in [-0.25, -0.2) is 17.2 Å². The average molecular weight is 513 g/mol. The van der Waals surface area contributed by atoms with Gasteiger partial charge < -0.3 is 5.73 Å². The number of nitrogens with two attached hydrogens (primary N) is 1. The van der Waals surface area contributed by atoms with Crippen LogP contribution in [0, 0.1) is 11.7 Å². The molecule has 1 saturated carbocycles. The van der Waals surface area contributed by atoms with E-state index in [1.54, 1.807) is 0 Å². The van der Waals surface area contributed by atoms with Crippen molar-refractivity contribution in [2.24, 2.45) is 11.7 Å². The van der Waals surface area contributed by atoms with Gasteiger partial charge in [-0.05, 0) is 67.0 Å². The zero-order chi connectivity index (χ0) is 25.3. The minimum Gasteiger partial charge on any atom is -0.327 e. The van der Waals surface area contributed by atoms with Crippen LogP contribution in [0.2, 0.25) is 0 Å². The molecule has 0 spiro atoms. The molecule has 0 aromatic heterocycles. The predicted molar refractivity (Wildman–Crippen MR) is 106 cm³/mol. The van der Waals surface area contributed by atoms with Crippen LogP contribution in [-0.2, 0) is 26.7 Å². The molecule has 3 atom stereocenters. The average Bonchev–Trinajstić information content (AvgIpc) is 3.10. The topological polar surface area (TPSA) is 60.2 Å². The Labute approximate surface area is 189 Å². The van der Waals surface area contributed by atoms with Crippen molar-refractivity contribution in [2.45, 2.75) is 59.4 Å². The molecule has 0 radical (unpaired) electrons. The van der Waals surface area contributed by atoms with E-state index in [1.807, 2.05) is 0 Å². The van der Waals surface area contributed by atoms with Crippen molar-refractivity contribution in [3.8, 4) is 0 Å². The molecule has 3 nitrogen and oxygen atoms in total. The Balaban J connectivity index is 1.94. The number of hydrogen-bond acceptors (Lipinski definition) is 3. The van der Waals surface area contributed by atoms with E-state index in [1.165, 1.54) is 0 Å². The van der Waals surface area contributed by atoms with Crippen LogP contribution < -0.4 is 5.73 Å². The Bertz CT molecular complexity index is 1190. The first-order valence-corrected chi connectivity index (χ1v) is 11.8. The van der Waals surface area contributed by atoms with Gasteiger partial charge in [0.1, 0.15) is 10.6 Å². The normalized spacial score (nSPS) is 25.7. The highest BCUT2D eigenvalue weighted by Gasteiger charge is 2.73. The van der Waals surface area contributed by atoms with E-state index in [-0.39, 0.29) is 41.7 Å². The fraction of sp³-hybridized carbons (Fsp3) is 0.455. The minimum absolute atomic E-state index is 0.00326. The molecule has 12 heteroatoms. The van der Waals surface area contributed by atoms with E-state index in [9.17, 15) is 43.5 Å². The Morgan fingerprint density at radius 3 is 2.03 bits per heavy atom. The maximum absolute atomic E-state index is 14.6. The molecule has 1 fully saturated rings. The lowest BCUT2D eigenvalue weighted by molar-refractivity contribution is -0.348. The summed E-state index contributed by atoms with van der Waals surface area (Å²) in [4.78, 5) is -0.254. The second kappa shape index (κ2) is 7.64. The van der Waals surface area contributed by atoms with Crippen molar-refractivity contribution in [1.29, 1.82) is 0 Å². The molecule has 0 aliphatic heterocycles. The predicted octanol–water partition coefficient (Wildman–Crippen LogP) is 5.47. The molecular formula is C22H19F8NO2S. The van der Waals surface area contributed by atoms with Crippen molar-refractivity contribution in [1.82, 2.24) is 0 Å². The lowest BCUT2D eigenvalue weighted by Gasteiger charge is -2.42. The SMILES string of the molecule is N[C@@H]1CC[C@]2(S(=O)(=O)c3ccc(F)cc3)c3ccc(C(F)(C(F)(F)F)C(F)(F)F)cc3CC[C@H]12. The first-order valence-electron chi connectivity index (χ1n) is 10.3. The highest BCUT2D eigenvalue weighted by molar-refractivity contribution is 7.92. The highest BCUT2D eigenvalue weighted by atomic mass is 32.2. The third kappa shape index (κ3) is 3.28. The van der Waals surface area contributed by atoms with Crippen molar-refractivity contribution in [3.05, 3.63) is 65.0 Å². The number of fused-ring (bicyclic) bond motifs is 3. The molecule has 186 valence electrons. The summed E-state index contributed by atoms with van der Waals surface area (Å²) in [6.07, 6.45) is -12.4. The van der Waals surface area contributed by atoms with Crippen LogP contribution in [0.15, 0.2) is 47.4 Å². The number of alkyl halides is 7. The van der Waals surface area contributed by atoms with Gasteiger partial charge in [0.25, 0.3) is 0 Å². The summed E-state index contributed by atoms with van der Waals surface area (Å²) >= 11 is 0. The van der Waals surface area contributed by atoms with Crippen molar-refractivity contribution >= 4 is 9.84 Å².